The van der Waals surface area contributed by atoms with Crippen LogP contribution in [0.3, 0.4) is 0 Å². The van der Waals surface area contributed by atoms with Gasteiger partial charge in [0.25, 0.3) is 0 Å². The van der Waals surface area contributed by atoms with Crippen molar-refractivity contribution in [2.75, 3.05) is 24.3 Å². The minimum Gasteiger partial charge on any atom is -0.313 e. The highest BCUT2D eigenvalue weighted by Crippen LogP contribution is 2.34. The molecule has 1 aliphatic rings. The molecule has 0 heterocycles. The smallest absolute Gasteiger partial charge is 0.155 e. The summed E-state index contributed by atoms with van der Waals surface area (Å²) in [4.78, 5) is 0. The van der Waals surface area contributed by atoms with E-state index in [1.807, 2.05) is 6.92 Å². The molecule has 3 unspecified atom stereocenters. The summed E-state index contributed by atoms with van der Waals surface area (Å²) < 4.78 is 47.7. The standard InChI is InChI=1S/C14H29NO4S2/c1-5-15-13-7-6-12(11(2)3)10-14(13)21(18,19)9-8-20(4,16)17/h11-15H,5-10H2,1-4H3. The zero-order valence-corrected chi connectivity index (χ0v) is 15.1. The first-order chi connectivity index (χ1) is 9.57. The van der Waals surface area contributed by atoms with Gasteiger partial charge in [-0.15, -0.1) is 0 Å². The summed E-state index contributed by atoms with van der Waals surface area (Å²) in [7, 11) is -6.65. The fourth-order valence-electron chi connectivity index (χ4n) is 3.08. The lowest BCUT2D eigenvalue weighted by molar-refractivity contribution is 0.242. The highest BCUT2D eigenvalue weighted by molar-refractivity contribution is 7.95. The number of rotatable bonds is 7. The summed E-state index contributed by atoms with van der Waals surface area (Å²) in [6.45, 7) is 6.95. The van der Waals surface area contributed by atoms with Crippen LogP contribution in [0, 0.1) is 11.8 Å². The van der Waals surface area contributed by atoms with Crippen molar-refractivity contribution in [3.63, 3.8) is 0 Å². The normalized spacial score (nSPS) is 28.0. The quantitative estimate of drug-likeness (QED) is 0.755. The number of nitrogens with one attached hydrogen (secondary N) is 1. The number of hydrogen-bond acceptors (Lipinski definition) is 5. The van der Waals surface area contributed by atoms with Gasteiger partial charge in [-0.1, -0.05) is 20.8 Å². The van der Waals surface area contributed by atoms with Crippen molar-refractivity contribution in [1.29, 1.82) is 0 Å². The lowest BCUT2D eigenvalue weighted by Gasteiger charge is -2.37. The molecule has 5 nitrogen and oxygen atoms in total. The van der Waals surface area contributed by atoms with Crippen LogP contribution in [-0.2, 0) is 19.7 Å². The van der Waals surface area contributed by atoms with Gasteiger partial charge >= 0.3 is 0 Å². The Labute approximate surface area is 129 Å². The minimum absolute atomic E-state index is 0.0467. The van der Waals surface area contributed by atoms with E-state index in [4.69, 9.17) is 0 Å². The topological polar surface area (TPSA) is 80.3 Å². The van der Waals surface area contributed by atoms with Crippen molar-refractivity contribution in [3.8, 4) is 0 Å². The molecule has 0 aliphatic heterocycles. The molecule has 1 N–H and O–H groups in total. The Bertz CT molecular complexity index is 525. The van der Waals surface area contributed by atoms with Gasteiger partial charge < -0.3 is 5.32 Å². The Balaban J connectivity index is 2.89. The van der Waals surface area contributed by atoms with E-state index in [1.165, 1.54) is 0 Å². The number of hydrogen-bond donors (Lipinski definition) is 1. The molecule has 0 bridgehead atoms. The molecule has 1 rings (SSSR count). The second-order valence-corrected chi connectivity index (χ2v) is 11.1. The summed E-state index contributed by atoms with van der Waals surface area (Å²) in [5.41, 5.74) is 0. The maximum Gasteiger partial charge on any atom is 0.155 e. The largest absolute Gasteiger partial charge is 0.313 e. The van der Waals surface area contributed by atoms with Gasteiger partial charge in [0.1, 0.15) is 9.84 Å². The molecule has 1 saturated carbocycles. The van der Waals surface area contributed by atoms with Crippen molar-refractivity contribution in [1.82, 2.24) is 5.32 Å². The van der Waals surface area contributed by atoms with Crippen LogP contribution < -0.4 is 5.32 Å². The summed E-state index contributed by atoms with van der Waals surface area (Å²) in [6.07, 6.45) is 3.61. The second kappa shape index (κ2) is 7.42. The molecule has 0 spiro atoms. The summed E-state index contributed by atoms with van der Waals surface area (Å²) in [5.74, 6) is 0.318. The molecule has 126 valence electrons. The summed E-state index contributed by atoms with van der Waals surface area (Å²) in [6, 6.07) is -0.0467. The highest BCUT2D eigenvalue weighted by atomic mass is 32.2. The molecule has 1 fully saturated rings. The molecule has 1 aliphatic carbocycles. The molecular weight excluding hydrogens is 310 g/mol. The first-order valence-corrected chi connectivity index (χ1v) is 11.5. The monoisotopic (exact) mass is 339 g/mol. The molecule has 7 heteroatoms. The maximum absolute atomic E-state index is 12.6. The van der Waals surface area contributed by atoms with Gasteiger partial charge in [0.15, 0.2) is 9.84 Å². The first-order valence-electron chi connectivity index (χ1n) is 7.69. The van der Waals surface area contributed by atoms with E-state index in [2.05, 4.69) is 19.2 Å². The number of sulfone groups is 2. The highest BCUT2D eigenvalue weighted by Gasteiger charge is 2.39. The van der Waals surface area contributed by atoms with Crippen LogP contribution in [0.2, 0.25) is 0 Å². The van der Waals surface area contributed by atoms with Crippen LogP contribution in [0.25, 0.3) is 0 Å². The van der Waals surface area contributed by atoms with Crippen molar-refractivity contribution in [2.45, 2.75) is 51.3 Å². The van der Waals surface area contributed by atoms with Crippen LogP contribution in [0.5, 0.6) is 0 Å². The van der Waals surface area contributed by atoms with Gasteiger partial charge in [0.2, 0.25) is 0 Å². The molecule has 0 saturated heterocycles. The molecular formula is C14H29NO4S2. The Morgan fingerprint density at radius 3 is 2.19 bits per heavy atom. The van der Waals surface area contributed by atoms with E-state index in [0.717, 1.165) is 25.6 Å². The summed E-state index contributed by atoms with van der Waals surface area (Å²) in [5, 5.41) is 2.81. The van der Waals surface area contributed by atoms with E-state index >= 15 is 0 Å². The molecule has 0 aromatic rings. The minimum atomic E-state index is -3.40. The average molecular weight is 340 g/mol. The molecule has 0 amide bonds. The lowest BCUT2D eigenvalue weighted by Crippen LogP contribution is -2.49. The third-order valence-corrected chi connectivity index (χ3v) is 7.86. The predicted octanol–water partition coefficient (Wildman–Crippen LogP) is 1.25. The third kappa shape index (κ3) is 5.87. The zero-order chi connectivity index (χ0) is 16.3. The van der Waals surface area contributed by atoms with Crippen molar-refractivity contribution in [2.24, 2.45) is 11.8 Å². The molecule has 0 radical (unpaired) electrons. The van der Waals surface area contributed by atoms with Crippen LogP contribution in [-0.4, -0.2) is 52.4 Å². The van der Waals surface area contributed by atoms with Gasteiger partial charge in [-0.2, -0.15) is 0 Å². The lowest BCUT2D eigenvalue weighted by atomic mass is 9.79. The van der Waals surface area contributed by atoms with Crippen molar-refractivity contribution >= 4 is 19.7 Å². The van der Waals surface area contributed by atoms with Crippen molar-refractivity contribution < 1.29 is 16.8 Å². The zero-order valence-electron chi connectivity index (χ0n) is 13.5. The van der Waals surface area contributed by atoms with Gasteiger partial charge in [-0.05, 0) is 37.6 Å². The van der Waals surface area contributed by atoms with E-state index < -0.39 is 24.9 Å². The predicted molar refractivity (Wildman–Crippen MR) is 86.9 cm³/mol. The third-order valence-electron chi connectivity index (χ3n) is 4.44. The van der Waals surface area contributed by atoms with E-state index in [0.29, 0.717) is 18.3 Å². The average Bonchev–Trinajstić information content (AvgIpc) is 2.36. The van der Waals surface area contributed by atoms with E-state index in [1.54, 1.807) is 0 Å². The van der Waals surface area contributed by atoms with Crippen LogP contribution in [0.4, 0.5) is 0 Å². The fraction of sp³-hybridized carbons (Fsp3) is 1.00. The Kier molecular flexibility index (Phi) is 6.68. The Morgan fingerprint density at radius 2 is 1.71 bits per heavy atom. The van der Waals surface area contributed by atoms with Crippen LogP contribution in [0.1, 0.15) is 40.0 Å². The Morgan fingerprint density at radius 1 is 1.10 bits per heavy atom. The first kappa shape index (κ1) is 18.9. The molecule has 3 atom stereocenters. The molecule has 0 aromatic carbocycles. The fourth-order valence-corrected chi connectivity index (χ4v) is 6.79. The second-order valence-electron chi connectivity index (χ2n) is 6.52. The summed E-state index contributed by atoms with van der Waals surface area (Å²) >= 11 is 0. The van der Waals surface area contributed by atoms with Gasteiger partial charge in [0, 0.05) is 12.3 Å². The van der Waals surface area contributed by atoms with E-state index in [9.17, 15) is 16.8 Å². The SMILES string of the molecule is CCNC1CCC(C(C)C)CC1S(=O)(=O)CCS(C)(=O)=O. The van der Waals surface area contributed by atoms with E-state index in [-0.39, 0.29) is 17.5 Å². The molecule has 0 aromatic heterocycles. The Hall–Kier alpha value is -0.140. The van der Waals surface area contributed by atoms with Gasteiger partial charge in [0.05, 0.1) is 16.8 Å². The van der Waals surface area contributed by atoms with Gasteiger partial charge in [-0.3, -0.25) is 0 Å². The molecule has 21 heavy (non-hydrogen) atoms. The maximum atomic E-state index is 12.6. The van der Waals surface area contributed by atoms with Crippen LogP contribution in [0.15, 0.2) is 0 Å². The van der Waals surface area contributed by atoms with Crippen molar-refractivity contribution in [3.05, 3.63) is 0 Å². The van der Waals surface area contributed by atoms with Crippen LogP contribution >= 0.6 is 0 Å². The van der Waals surface area contributed by atoms with Gasteiger partial charge in [-0.25, -0.2) is 16.8 Å².